The molecule has 2 aromatic rings. The summed E-state index contributed by atoms with van der Waals surface area (Å²) in [5, 5.41) is 9.10. The summed E-state index contributed by atoms with van der Waals surface area (Å²) in [6, 6.07) is 13.1. The van der Waals surface area contributed by atoms with Crippen molar-refractivity contribution in [1.29, 1.82) is 0 Å². The van der Waals surface area contributed by atoms with E-state index in [2.05, 4.69) is 0 Å². The van der Waals surface area contributed by atoms with Crippen molar-refractivity contribution in [2.24, 2.45) is 0 Å². The van der Waals surface area contributed by atoms with Gasteiger partial charge in [0.15, 0.2) is 0 Å². The maximum atomic E-state index is 9.10. The molecular formula is C13H14N2O. The van der Waals surface area contributed by atoms with Crippen LogP contribution in [0, 0.1) is 0 Å². The van der Waals surface area contributed by atoms with Crippen LogP contribution in [0.3, 0.4) is 0 Å². The number of hydrogen-bond acceptors (Lipinski definition) is 3. The van der Waals surface area contributed by atoms with Crippen molar-refractivity contribution in [3.8, 4) is 11.1 Å². The van der Waals surface area contributed by atoms with E-state index in [1.54, 1.807) is 6.07 Å². The third kappa shape index (κ3) is 2.15. The first kappa shape index (κ1) is 10.5. The summed E-state index contributed by atoms with van der Waals surface area (Å²) in [5.41, 5.74) is 15.6. The molecule has 0 fully saturated rings. The number of benzene rings is 2. The number of aliphatic hydroxyl groups excluding tert-OH is 1. The average Bonchev–Trinajstić information content (AvgIpc) is 2.29. The molecule has 0 saturated carbocycles. The largest absolute Gasteiger partial charge is 0.399 e. The van der Waals surface area contributed by atoms with Crippen LogP contribution in [0.5, 0.6) is 0 Å². The van der Waals surface area contributed by atoms with Crippen molar-refractivity contribution in [1.82, 2.24) is 0 Å². The number of nitrogen functional groups attached to an aromatic ring is 2. The van der Waals surface area contributed by atoms with E-state index >= 15 is 0 Å². The SMILES string of the molecule is Nc1ccc(-c2cc(N)cc(CO)c2)cc1. The van der Waals surface area contributed by atoms with Crippen LogP contribution in [0.15, 0.2) is 42.5 Å². The minimum absolute atomic E-state index is 0.00693. The number of rotatable bonds is 2. The highest BCUT2D eigenvalue weighted by Gasteiger charge is 2.01. The van der Waals surface area contributed by atoms with Gasteiger partial charge in [0.2, 0.25) is 0 Å². The smallest absolute Gasteiger partial charge is 0.0682 e. The number of aliphatic hydroxyl groups is 1. The van der Waals surface area contributed by atoms with E-state index < -0.39 is 0 Å². The molecule has 3 heteroatoms. The van der Waals surface area contributed by atoms with E-state index in [4.69, 9.17) is 16.6 Å². The lowest BCUT2D eigenvalue weighted by molar-refractivity contribution is 0.282. The lowest BCUT2D eigenvalue weighted by Crippen LogP contribution is -1.91. The molecule has 0 aliphatic carbocycles. The topological polar surface area (TPSA) is 72.3 Å². The highest BCUT2D eigenvalue weighted by molar-refractivity contribution is 5.69. The Morgan fingerprint density at radius 1 is 0.812 bits per heavy atom. The molecule has 0 heterocycles. The Bertz CT molecular complexity index is 492. The minimum Gasteiger partial charge on any atom is -0.399 e. The van der Waals surface area contributed by atoms with Crippen molar-refractivity contribution >= 4 is 11.4 Å². The fourth-order valence-corrected chi connectivity index (χ4v) is 1.65. The van der Waals surface area contributed by atoms with E-state index in [1.165, 1.54) is 0 Å². The summed E-state index contributed by atoms with van der Waals surface area (Å²) in [7, 11) is 0. The van der Waals surface area contributed by atoms with Crippen molar-refractivity contribution < 1.29 is 5.11 Å². The van der Waals surface area contributed by atoms with Crippen LogP contribution in [-0.4, -0.2) is 5.11 Å². The number of nitrogens with two attached hydrogens (primary N) is 2. The van der Waals surface area contributed by atoms with Gasteiger partial charge in [0.05, 0.1) is 6.61 Å². The normalized spacial score (nSPS) is 10.3. The molecule has 0 bridgehead atoms. The quantitative estimate of drug-likeness (QED) is 0.669. The molecule has 2 rings (SSSR count). The summed E-state index contributed by atoms with van der Waals surface area (Å²) >= 11 is 0. The third-order valence-electron chi connectivity index (χ3n) is 2.44. The first-order chi connectivity index (χ1) is 7.69. The number of anilines is 2. The highest BCUT2D eigenvalue weighted by atomic mass is 16.3. The number of hydrogen-bond donors (Lipinski definition) is 3. The van der Waals surface area contributed by atoms with Gasteiger partial charge < -0.3 is 16.6 Å². The Labute approximate surface area is 94.3 Å². The zero-order valence-electron chi connectivity index (χ0n) is 8.85. The van der Waals surface area contributed by atoms with Gasteiger partial charge in [-0.3, -0.25) is 0 Å². The fourth-order valence-electron chi connectivity index (χ4n) is 1.65. The first-order valence-corrected chi connectivity index (χ1v) is 5.05. The van der Waals surface area contributed by atoms with E-state index in [9.17, 15) is 0 Å². The molecule has 0 spiro atoms. The Morgan fingerprint density at radius 2 is 1.50 bits per heavy atom. The monoisotopic (exact) mass is 214 g/mol. The molecule has 0 atom stereocenters. The zero-order valence-corrected chi connectivity index (χ0v) is 8.85. The van der Waals surface area contributed by atoms with Crippen molar-refractivity contribution in [2.75, 3.05) is 11.5 Å². The molecule has 0 amide bonds. The summed E-state index contributed by atoms with van der Waals surface area (Å²) < 4.78 is 0. The second-order valence-corrected chi connectivity index (χ2v) is 3.74. The van der Waals surface area contributed by atoms with Gasteiger partial charge in [-0.25, -0.2) is 0 Å². The Balaban J connectivity index is 2.47. The molecule has 0 aromatic heterocycles. The predicted octanol–water partition coefficient (Wildman–Crippen LogP) is 2.01. The van der Waals surface area contributed by atoms with Crippen LogP contribution in [0.25, 0.3) is 11.1 Å². The highest BCUT2D eigenvalue weighted by Crippen LogP contribution is 2.24. The standard InChI is InChI=1S/C13H14N2O/c14-12-3-1-10(2-4-12)11-5-9(8-16)6-13(15)7-11/h1-7,16H,8,14-15H2. The molecule has 0 aliphatic heterocycles. The van der Waals surface area contributed by atoms with Crippen LogP contribution in [-0.2, 0) is 6.61 Å². The lowest BCUT2D eigenvalue weighted by atomic mass is 10.0. The molecule has 2 aromatic carbocycles. The summed E-state index contributed by atoms with van der Waals surface area (Å²) in [6.07, 6.45) is 0. The average molecular weight is 214 g/mol. The van der Waals surface area contributed by atoms with Gasteiger partial charge in [-0.2, -0.15) is 0 Å². The molecule has 0 aliphatic rings. The summed E-state index contributed by atoms with van der Waals surface area (Å²) in [6.45, 7) is -0.00693. The van der Waals surface area contributed by atoms with Gasteiger partial charge in [0.1, 0.15) is 0 Å². The second-order valence-electron chi connectivity index (χ2n) is 3.74. The minimum atomic E-state index is -0.00693. The van der Waals surface area contributed by atoms with Gasteiger partial charge in [0, 0.05) is 11.4 Å². The van der Waals surface area contributed by atoms with Crippen LogP contribution in [0.1, 0.15) is 5.56 Å². The van der Waals surface area contributed by atoms with E-state index in [-0.39, 0.29) is 6.61 Å². The predicted molar refractivity (Wildman–Crippen MR) is 66.6 cm³/mol. The zero-order chi connectivity index (χ0) is 11.5. The van der Waals surface area contributed by atoms with Gasteiger partial charge in [-0.1, -0.05) is 12.1 Å². The fraction of sp³-hybridized carbons (Fsp3) is 0.0769. The van der Waals surface area contributed by atoms with Gasteiger partial charge in [0.25, 0.3) is 0 Å². The van der Waals surface area contributed by atoms with Crippen molar-refractivity contribution in [3.05, 3.63) is 48.0 Å². The maximum absolute atomic E-state index is 9.10. The van der Waals surface area contributed by atoms with Crippen LogP contribution >= 0.6 is 0 Å². The second kappa shape index (κ2) is 4.24. The maximum Gasteiger partial charge on any atom is 0.0682 e. The van der Waals surface area contributed by atoms with E-state index in [0.717, 1.165) is 22.4 Å². The van der Waals surface area contributed by atoms with Crippen molar-refractivity contribution in [2.45, 2.75) is 6.61 Å². The Hall–Kier alpha value is -2.00. The molecule has 82 valence electrons. The van der Waals surface area contributed by atoms with Gasteiger partial charge >= 0.3 is 0 Å². The van der Waals surface area contributed by atoms with Crippen molar-refractivity contribution in [3.63, 3.8) is 0 Å². The molecule has 0 radical (unpaired) electrons. The molecule has 5 N–H and O–H groups in total. The molecule has 16 heavy (non-hydrogen) atoms. The van der Waals surface area contributed by atoms with E-state index in [1.807, 2.05) is 36.4 Å². The van der Waals surface area contributed by atoms with Gasteiger partial charge in [-0.15, -0.1) is 0 Å². The third-order valence-corrected chi connectivity index (χ3v) is 2.44. The summed E-state index contributed by atoms with van der Waals surface area (Å²) in [5.74, 6) is 0. The van der Waals surface area contributed by atoms with Crippen LogP contribution in [0.2, 0.25) is 0 Å². The van der Waals surface area contributed by atoms with Crippen LogP contribution < -0.4 is 11.5 Å². The molecule has 3 nitrogen and oxygen atoms in total. The lowest BCUT2D eigenvalue weighted by Gasteiger charge is -2.06. The van der Waals surface area contributed by atoms with Crippen LogP contribution in [0.4, 0.5) is 11.4 Å². The van der Waals surface area contributed by atoms with E-state index in [0.29, 0.717) is 5.69 Å². The Kier molecular flexibility index (Phi) is 2.79. The van der Waals surface area contributed by atoms with Gasteiger partial charge in [-0.05, 0) is 47.0 Å². The molecule has 0 unspecified atom stereocenters. The first-order valence-electron chi connectivity index (χ1n) is 5.05. The molecule has 0 saturated heterocycles. The Morgan fingerprint density at radius 3 is 2.12 bits per heavy atom. The summed E-state index contributed by atoms with van der Waals surface area (Å²) in [4.78, 5) is 0. The molecular weight excluding hydrogens is 200 g/mol.